The van der Waals surface area contributed by atoms with E-state index in [-0.39, 0.29) is 11.8 Å². The largest absolute Gasteiger partial charge is 0.356 e. The highest BCUT2D eigenvalue weighted by Gasteiger charge is 2.27. The Balaban J connectivity index is 1.66. The Hall–Kier alpha value is -1.36. The minimum atomic E-state index is 0.147. The number of rotatable bonds is 5. The van der Waals surface area contributed by atoms with Gasteiger partial charge >= 0.3 is 0 Å². The number of aromatic nitrogens is 2. The minimum absolute atomic E-state index is 0.147. The Bertz CT molecular complexity index is 548. The van der Waals surface area contributed by atoms with Crippen molar-refractivity contribution in [3.63, 3.8) is 0 Å². The van der Waals surface area contributed by atoms with E-state index >= 15 is 0 Å². The smallest absolute Gasteiger partial charge is 0.224 e. The molecule has 0 unspecified atom stereocenters. The molecule has 0 spiro atoms. The average Bonchev–Trinajstić information content (AvgIpc) is 2.96. The second kappa shape index (κ2) is 8.15. The van der Waals surface area contributed by atoms with E-state index in [1.54, 1.807) is 0 Å². The molecule has 5 heteroatoms. The Morgan fingerprint density at radius 2 is 2.04 bits per heavy atom. The molecule has 0 aromatic carbocycles. The molecule has 5 nitrogen and oxygen atoms in total. The maximum Gasteiger partial charge on any atom is 0.224 e. The molecule has 0 radical (unpaired) electrons. The van der Waals surface area contributed by atoms with E-state index in [1.165, 1.54) is 43.4 Å². The first kappa shape index (κ1) is 17.5. The van der Waals surface area contributed by atoms with Crippen LogP contribution in [0.3, 0.4) is 0 Å². The van der Waals surface area contributed by atoms with Crippen molar-refractivity contribution in [2.45, 2.75) is 64.3 Å². The number of nitrogens with zero attached hydrogens (tertiary/aromatic N) is 3. The summed E-state index contributed by atoms with van der Waals surface area (Å²) >= 11 is 0. The third kappa shape index (κ3) is 4.18. The lowest BCUT2D eigenvalue weighted by molar-refractivity contribution is -0.126. The van der Waals surface area contributed by atoms with Crippen molar-refractivity contribution in [2.24, 2.45) is 13.0 Å². The number of hydrogen-bond acceptors (Lipinski definition) is 3. The summed E-state index contributed by atoms with van der Waals surface area (Å²) in [6, 6.07) is 0. The van der Waals surface area contributed by atoms with Crippen LogP contribution in [0.2, 0.25) is 0 Å². The van der Waals surface area contributed by atoms with Crippen molar-refractivity contribution >= 4 is 5.91 Å². The number of likely N-dealkylation sites (tertiary alicyclic amines) is 1. The van der Waals surface area contributed by atoms with Crippen LogP contribution in [-0.2, 0) is 18.4 Å². The van der Waals surface area contributed by atoms with E-state index in [1.807, 2.05) is 18.7 Å². The number of hydrogen-bond donors (Lipinski definition) is 1. The van der Waals surface area contributed by atoms with Gasteiger partial charge in [-0.05, 0) is 39.2 Å². The monoisotopic (exact) mass is 332 g/mol. The summed E-state index contributed by atoms with van der Waals surface area (Å²) in [4.78, 5) is 14.6. The van der Waals surface area contributed by atoms with Gasteiger partial charge in [0.25, 0.3) is 0 Å². The van der Waals surface area contributed by atoms with E-state index < -0.39 is 0 Å². The molecule has 1 amide bonds. The predicted octanol–water partition coefficient (Wildman–Crippen LogP) is 2.82. The lowest BCUT2D eigenvalue weighted by atomic mass is 9.85. The third-order valence-electron chi connectivity index (χ3n) is 5.55. The molecule has 2 aliphatic rings. The van der Waals surface area contributed by atoms with Gasteiger partial charge in [-0.2, -0.15) is 5.10 Å². The maximum atomic E-state index is 12.2. The van der Waals surface area contributed by atoms with Crippen LogP contribution in [-0.4, -0.2) is 40.2 Å². The van der Waals surface area contributed by atoms with Crippen molar-refractivity contribution in [1.29, 1.82) is 0 Å². The fraction of sp³-hybridized carbons (Fsp3) is 0.789. The van der Waals surface area contributed by atoms with E-state index in [2.05, 4.69) is 16.4 Å². The fourth-order valence-electron chi connectivity index (χ4n) is 4.37. The summed E-state index contributed by atoms with van der Waals surface area (Å²) < 4.78 is 1.98. The Kier molecular flexibility index (Phi) is 5.93. The molecular formula is C19H32N4O. The van der Waals surface area contributed by atoms with Gasteiger partial charge in [0.05, 0.1) is 11.6 Å². The summed E-state index contributed by atoms with van der Waals surface area (Å²) in [5.41, 5.74) is 2.69. The van der Waals surface area contributed by atoms with Crippen LogP contribution in [0.4, 0.5) is 0 Å². The normalized spacial score (nSPS) is 23.3. The fourth-order valence-corrected chi connectivity index (χ4v) is 4.37. The molecule has 1 aromatic heterocycles. The number of amides is 1. The summed E-state index contributed by atoms with van der Waals surface area (Å²) in [6.45, 7) is 5.63. The highest BCUT2D eigenvalue weighted by molar-refractivity contribution is 5.78. The Morgan fingerprint density at radius 1 is 1.25 bits per heavy atom. The molecule has 1 saturated heterocycles. The molecule has 134 valence electrons. The van der Waals surface area contributed by atoms with Gasteiger partial charge in [0, 0.05) is 44.4 Å². The van der Waals surface area contributed by atoms with Crippen LogP contribution in [0.1, 0.15) is 69.0 Å². The molecule has 1 N–H and O–H groups in total. The van der Waals surface area contributed by atoms with Crippen molar-refractivity contribution in [2.75, 3.05) is 19.6 Å². The molecule has 2 fully saturated rings. The maximum absolute atomic E-state index is 12.2. The zero-order chi connectivity index (χ0) is 16.9. The number of piperidine rings is 1. The Labute approximate surface area is 145 Å². The zero-order valence-corrected chi connectivity index (χ0v) is 15.3. The van der Waals surface area contributed by atoms with Crippen LogP contribution in [0.15, 0.2) is 6.20 Å². The average molecular weight is 332 g/mol. The van der Waals surface area contributed by atoms with Crippen LogP contribution in [0, 0.1) is 5.92 Å². The van der Waals surface area contributed by atoms with Crippen molar-refractivity contribution in [3.05, 3.63) is 17.5 Å². The SMILES string of the molecule is CCNC(=O)[C@@H]1CCCN(Cc2cn(C)nc2C2CCCCC2)C1. The van der Waals surface area contributed by atoms with Crippen molar-refractivity contribution in [3.8, 4) is 0 Å². The van der Waals surface area contributed by atoms with E-state index in [9.17, 15) is 4.79 Å². The zero-order valence-electron chi connectivity index (χ0n) is 15.3. The number of carbonyl (C=O) groups is 1. The van der Waals surface area contributed by atoms with E-state index in [0.29, 0.717) is 5.92 Å². The minimum Gasteiger partial charge on any atom is -0.356 e. The second-order valence-electron chi connectivity index (χ2n) is 7.52. The quantitative estimate of drug-likeness (QED) is 0.902. The molecular weight excluding hydrogens is 300 g/mol. The predicted molar refractivity (Wildman–Crippen MR) is 95.7 cm³/mol. The summed E-state index contributed by atoms with van der Waals surface area (Å²) in [5, 5.41) is 7.78. The molecule has 0 bridgehead atoms. The second-order valence-corrected chi connectivity index (χ2v) is 7.52. The van der Waals surface area contributed by atoms with E-state index in [4.69, 9.17) is 5.10 Å². The first-order valence-corrected chi connectivity index (χ1v) is 9.70. The standard InChI is InChI=1S/C19H32N4O/c1-3-20-19(24)16-10-7-11-23(13-16)14-17-12-22(2)21-18(17)15-8-5-4-6-9-15/h12,15-16H,3-11,13-14H2,1-2H3,(H,20,24)/t16-/m1/s1. The Morgan fingerprint density at radius 3 is 2.79 bits per heavy atom. The van der Waals surface area contributed by atoms with Crippen LogP contribution in [0.25, 0.3) is 0 Å². The molecule has 1 saturated carbocycles. The van der Waals surface area contributed by atoms with Gasteiger partial charge in [-0.15, -0.1) is 0 Å². The first-order valence-electron chi connectivity index (χ1n) is 9.70. The summed E-state index contributed by atoms with van der Waals surface area (Å²) in [6.07, 6.45) is 10.9. The van der Waals surface area contributed by atoms with Gasteiger partial charge in [-0.3, -0.25) is 14.4 Å². The third-order valence-corrected chi connectivity index (χ3v) is 5.55. The van der Waals surface area contributed by atoms with Gasteiger partial charge < -0.3 is 5.32 Å². The molecule has 1 aliphatic heterocycles. The van der Waals surface area contributed by atoms with Crippen LogP contribution in [0.5, 0.6) is 0 Å². The highest BCUT2D eigenvalue weighted by atomic mass is 16.1. The lowest BCUT2D eigenvalue weighted by Crippen LogP contribution is -2.42. The highest BCUT2D eigenvalue weighted by Crippen LogP contribution is 2.34. The van der Waals surface area contributed by atoms with Crippen molar-refractivity contribution in [1.82, 2.24) is 20.0 Å². The summed E-state index contributed by atoms with van der Waals surface area (Å²) in [7, 11) is 2.03. The molecule has 1 aromatic rings. The number of carbonyl (C=O) groups excluding carboxylic acids is 1. The van der Waals surface area contributed by atoms with E-state index in [0.717, 1.165) is 39.0 Å². The molecule has 24 heavy (non-hydrogen) atoms. The molecule has 1 atom stereocenters. The molecule has 1 aliphatic carbocycles. The van der Waals surface area contributed by atoms with Gasteiger partial charge in [-0.1, -0.05) is 19.3 Å². The van der Waals surface area contributed by atoms with Gasteiger partial charge in [0.1, 0.15) is 0 Å². The van der Waals surface area contributed by atoms with Gasteiger partial charge in [0.15, 0.2) is 0 Å². The topological polar surface area (TPSA) is 50.2 Å². The first-order chi connectivity index (χ1) is 11.7. The molecule has 3 rings (SSSR count). The van der Waals surface area contributed by atoms with Gasteiger partial charge in [-0.25, -0.2) is 0 Å². The number of aryl methyl sites for hydroxylation is 1. The van der Waals surface area contributed by atoms with Gasteiger partial charge in [0.2, 0.25) is 5.91 Å². The van der Waals surface area contributed by atoms with Crippen LogP contribution < -0.4 is 5.32 Å². The lowest BCUT2D eigenvalue weighted by Gasteiger charge is -2.32. The van der Waals surface area contributed by atoms with Crippen LogP contribution >= 0.6 is 0 Å². The van der Waals surface area contributed by atoms with Crippen molar-refractivity contribution < 1.29 is 4.79 Å². The number of nitrogens with one attached hydrogen (secondary N) is 1. The molecule has 2 heterocycles. The summed E-state index contributed by atoms with van der Waals surface area (Å²) in [5.74, 6) is 1.01.